The van der Waals surface area contributed by atoms with Gasteiger partial charge in [0, 0.05) is 48.3 Å². The van der Waals surface area contributed by atoms with E-state index < -0.39 is 5.82 Å². The highest BCUT2D eigenvalue weighted by Crippen LogP contribution is 2.42. The summed E-state index contributed by atoms with van der Waals surface area (Å²) in [7, 11) is 0. The van der Waals surface area contributed by atoms with Crippen LogP contribution in [-0.2, 0) is 0 Å². The molecule has 190 valence electrons. The maximum Gasteiger partial charge on any atom is 0.228 e. The Labute approximate surface area is 220 Å². The van der Waals surface area contributed by atoms with Crippen LogP contribution in [0.5, 0.6) is 0 Å². The first kappa shape index (κ1) is 23.1. The minimum atomic E-state index is -0.440. The second kappa shape index (κ2) is 8.50. The van der Waals surface area contributed by atoms with Gasteiger partial charge in [-0.2, -0.15) is 4.98 Å². The lowest BCUT2D eigenvalue weighted by molar-refractivity contribution is 0.318. The average Bonchev–Trinajstić information content (AvgIpc) is 3.23. The molecular formula is C29H30ClFN6. The molecule has 1 aliphatic carbocycles. The van der Waals surface area contributed by atoms with Crippen LogP contribution in [0.1, 0.15) is 32.6 Å². The number of aromatic nitrogens is 3. The molecule has 4 aromatic rings. The number of rotatable bonds is 4. The number of halogens is 2. The van der Waals surface area contributed by atoms with Gasteiger partial charge in [-0.3, -0.25) is 4.98 Å². The van der Waals surface area contributed by atoms with Gasteiger partial charge in [0.15, 0.2) is 5.82 Å². The van der Waals surface area contributed by atoms with E-state index in [0.29, 0.717) is 52.4 Å². The van der Waals surface area contributed by atoms with Gasteiger partial charge < -0.3 is 15.5 Å². The van der Waals surface area contributed by atoms with Crippen molar-refractivity contribution in [1.82, 2.24) is 15.0 Å². The fourth-order valence-electron chi connectivity index (χ4n) is 6.55. The molecule has 0 amide bonds. The van der Waals surface area contributed by atoms with Gasteiger partial charge in [0.05, 0.1) is 10.9 Å². The number of anilines is 2. The quantitative estimate of drug-likeness (QED) is 0.369. The lowest BCUT2D eigenvalue weighted by atomic mass is 9.89. The van der Waals surface area contributed by atoms with Crippen molar-refractivity contribution >= 4 is 45.0 Å². The molecule has 2 atom stereocenters. The molecule has 2 saturated heterocycles. The van der Waals surface area contributed by atoms with Gasteiger partial charge in [0.2, 0.25) is 5.95 Å². The third kappa shape index (κ3) is 3.74. The van der Waals surface area contributed by atoms with Gasteiger partial charge >= 0.3 is 0 Å². The Morgan fingerprint density at radius 2 is 1.78 bits per heavy atom. The lowest BCUT2D eigenvalue weighted by Crippen LogP contribution is -2.67. The van der Waals surface area contributed by atoms with Crippen molar-refractivity contribution in [2.24, 2.45) is 17.6 Å². The molecule has 2 aromatic carbocycles. The molecule has 4 heterocycles. The fourth-order valence-corrected chi connectivity index (χ4v) is 6.84. The van der Waals surface area contributed by atoms with E-state index in [9.17, 15) is 0 Å². The summed E-state index contributed by atoms with van der Waals surface area (Å²) in [5.41, 5.74) is 7.44. The van der Waals surface area contributed by atoms with Gasteiger partial charge in [-0.15, -0.1) is 0 Å². The van der Waals surface area contributed by atoms with E-state index in [1.807, 2.05) is 36.4 Å². The number of hydrogen-bond donors (Lipinski definition) is 1. The van der Waals surface area contributed by atoms with Crippen molar-refractivity contribution in [2.45, 2.75) is 38.1 Å². The van der Waals surface area contributed by atoms with E-state index in [4.69, 9.17) is 27.3 Å². The van der Waals surface area contributed by atoms with Crippen LogP contribution in [0.25, 0.3) is 32.9 Å². The molecule has 3 aliphatic rings. The molecule has 0 spiro atoms. The molecule has 7 rings (SSSR count). The summed E-state index contributed by atoms with van der Waals surface area (Å²) in [5, 5.41) is 2.96. The number of piperidine rings is 1. The van der Waals surface area contributed by atoms with Crippen LogP contribution in [0.4, 0.5) is 16.2 Å². The second-order valence-electron chi connectivity index (χ2n) is 11.2. The van der Waals surface area contributed by atoms with Gasteiger partial charge in [0.25, 0.3) is 0 Å². The number of nitrogens with zero attached hydrogens (tertiary/aromatic N) is 5. The zero-order chi connectivity index (χ0) is 25.3. The van der Waals surface area contributed by atoms with Crippen molar-refractivity contribution < 1.29 is 4.39 Å². The average molecular weight is 517 g/mol. The normalized spacial score (nSPS) is 22.6. The molecule has 3 fully saturated rings. The van der Waals surface area contributed by atoms with Crippen LogP contribution in [0.3, 0.4) is 0 Å². The summed E-state index contributed by atoms with van der Waals surface area (Å²) >= 11 is 6.58. The molecule has 2 aromatic heterocycles. The third-order valence-electron chi connectivity index (χ3n) is 8.67. The molecular weight excluding hydrogens is 487 g/mol. The topological polar surface area (TPSA) is 71.2 Å². The van der Waals surface area contributed by atoms with Gasteiger partial charge in [-0.1, -0.05) is 48.9 Å². The Hall–Kier alpha value is -3.03. The summed E-state index contributed by atoms with van der Waals surface area (Å²) in [5.74, 6) is 2.23. The summed E-state index contributed by atoms with van der Waals surface area (Å²) in [6, 6.07) is 11.5. The molecule has 8 heteroatoms. The van der Waals surface area contributed by atoms with Crippen LogP contribution in [0.2, 0.25) is 5.02 Å². The largest absolute Gasteiger partial charge is 0.355 e. The van der Waals surface area contributed by atoms with E-state index in [2.05, 4.69) is 21.7 Å². The van der Waals surface area contributed by atoms with Gasteiger partial charge in [-0.25, -0.2) is 9.37 Å². The Bertz CT molecular complexity index is 1520. The highest BCUT2D eigenvalue weighted by molar-refractivity contribution is 6.36. The Morgan fingerprint density at radius 3 is 2.51 bits per heavy atom. The van der Waals surface area contributed by atoms with Crippen molar-refractivity contribution in [3.8, 4) is 11.3 Å². The van der Waals surface area contributed by atoms with Crippen molar-refractivity contribution in [2.75, 3.05) is 36.0 Å². The van der Waals surface area contributed by atoms with Crippen molar-refractivity contribution in [1.29, 1.82) is 0 Å². The fraction of sp³-hybridized carbons (Fsp3) is 0.414. The Balaban J connectivity index is 1.41. The highest BCUT2D eigenvalue weighted by Gasteiger charge is 2.40. The first-order valence-electron chi connectivity index (χ1n) is 13.2. The number of benzene rings is 2. The van der Waals surface area contributed by atoms with E-state index in [1.165, 1.54) is 19.3 Å². The lowest BCUT2D eigenvalue weighted by Gasteiger charge is -2.47. The van der Waals surface area contributed by atoms with Crippen LogP contribution in [-0.4, -0.2) is 46.7 Å². The van der Waals surface area contributed by atoms with E-state index in [1.54, 1.807) is 6.20 Å². The first-order valence-corrected chi connectivity index (χ1v) is 13.6. The predicted molar refractivity (Wildman–Crippen MR) is 148 cm³/mol. The van der Waals surface area contributed by atoms with E-state index >= 15 is 4.39 Å². The Kier molecular flexibility index (Phi) is 5.31. The highest BCUT2D eigenvalue weighted by atomic mass is 35.5. The van der Waals surface area contributed by atoms with Crippen LogP contribution in [0, 0.1) is 17.7 Å². The molecule has 2 bridgehead atoms. The van der Waals surface area contributed by atoms with E-state index in [-0.39, 0.29) is 11.2 Å². The monoisotopic (exact) mass is 516 g/mol. The molecule has 0 radical (unpaired) electrons. The number of fused-ring (bicyclic) bond motifs is 4. The second-order valence-corrected chi connectivity index (χ2v) is 11.6. The maximum atomic E-state index is 16.5. The Morgan fingerprint density at radius 1 is 1.05 bits per heavy atom. The molecule has 2 aliphatic heterocycles. The van der Waals surface area contributed by atoms with E-state index in [0.717, 1.165) is 36.1 Å². The molecule has 2 N–H and O–H groups in total. The molecule has 2 unspecified atom stereocenters. The predicted octanol–water partition coefficient (Wildman–Crippen LogP) is 5.80. The van der Waals surface area contributed by atoms with Crippen LogP contribution in [0.15, 0.2) is 42.6 Å². The number of hydrogen-bond acceptors (Lipinski definition) is 6. The van der Waals surface area contributed by atoms with Gasteiger partial charge in [0.1, 0.15) is 17.0 Å². The SMILES string of the molecule is CCC1(N)CN(c2nc(N3CC4CCC(C4)C3)c3cnc(-c4cccc5cccc(Cl)c45)c(F)c3n2)C1. The maximum absolute atomic E-state index is 16.5. The minimum Gasteiger partial charge on any atom is -0.355 e. The molecule has 37 heavy (non-hydrogen) atoms. The first-order chi connectivity index (χ1) is 17.9. The zero-order valence-electron chi connectivity index (χ0n) is 20.9. The third-order valence-corrected chi connectivity index (χ3v) is 8.98. The minimum absolute atomic E-state index is 0.246. The number of nitrogens with two attached hydrogens (primary N) is 1. The van der Waals surface area contributed by atoms with Crippen molar-refractivity contribution in [3.05, 3.63) is 53.4 Å². The smallest absolute Gasteiger partial charge is 0.228 e. The van der Waals surface area contributed by atoms with Crippen LogP contribution >= 0.6 is 11.6 Å². The molecule has 6 nitrogen and oxygen atoms in total. The summed E-state index contributed by atoms with van der Waals surface area (Å²) < 4.78 is 16.5. The number of pyridine rings is 1. The summed E-state index contributed by atoms with van der Waals surface area (Å²) in [6.07, 6.45) is 6.42. The van der Waals surface area contributed by atoms with Crippen LogP contribution < -0.4 is 15.5 Å². The summed E-state index contributed by atoms with van der Waals surface area (Å²) in [6.45, 7) is 5.32. The zero-order valence-corrected chi connectivity index (χ0v) is 21.7. The standard InChI is InChI=1S/C29H30ClFN6/c1-2-29(32)15-37(16-29)28-34-26-21(27(35-28)36-13-17-9-10-18(11-17)14-36)12-33-25(24(26)31)20-7-3-5-19-6-4-8-22(30)23(19)20/h3-8,12,17-18H,2,9-11,13-16,32H2,1H3. The molecule has 1 saturated carbocycles. The van der Waals surface area contributed by atoms with Gasteiger partial charge in [-0.05, 0) is 49.0 Å². The van der Waals surface area contributed by atoms with Crippen molar-refractivity contribution in [3.63, 3.8) is 0 Å². The summed E-state index contributed by atoms with van der Waals surface area (Å²) in [4.78, 5) is 18.8.